The monoisotopic (exact) mass is 314 g/mol. The minimum absolute atomic E-state index is 0.0465. The normalized spacial score (nSPS) is 15.2. The summed E-state index contributed by atoms with van der Waals surface area (Å²) in [6.45, 7) is -0.497. The van der Waals surface area contributed by atoms with E-state index in [4.69, 9.17) is 0 Å². The highest BCUT2D eigenvalue weighted by molar-refractivity contribution is 7.89. The molecule has 1 aliphatic rings. The minimum Gasteiger partial charge on any atom is -0.467 e. The van der Waals surface area contributed by atoms with E-state index in [9.17, 15) is 23.1 Å². The Morgan fingerprint density at radius 3 is 2.90 bits per heavy atom. The second-order valence-electron chi connectivity index (χ2n) is 4.43. The van der Waals surface area contributed by atoms with Crippen LogP contribution < -0.4 is 10.0 Å². The van der Waals surface area contributed by atoms with Crippen LogP contribution in [0.15, 0.2) is 23.1 Å². The summed E-state index contributed by atoms with van der Waals surface area (Å²) in [7, 11) is -2.81. The summed E-state index contributed by atoms with van der Waals surface area (Å²) in [5.41, 5.74) is 1.16. The number of rotatable bonds is 5. The van der Waals surface area contributed by atoms with Crippen molar-refractivity contribution in [2.75, 3.05) is 19.0 Å². The van der Waals surface area contributed by atoms with Crippen LogP contribution in [0.2, 0.25) is 0 Å². The maximum Gasteiger partial charge on any atom is 0.336 e. The van der Waals surface area contributed by atoms with E-state index in [0.717, 1.165) is 7.11 Å². The molecule has 1 aromatic rings. The van der Waals surface area contributed by atoms with Crippen LogP contribution in [0.1, 0.15) is 5.56 Å². The highest BCUT2D eigenvalue weighted by Crippen LogP contribution is 2.25. The fourth-order valence-corrected chi connectivity index (χ4v) is 2.95. The van der Waals surface area contributed by atoms with Crippen molar-refractivity contribution < 1.29 is 27.9 Å². The number of nitrogens with one attached hydrogen (secondary N) is 2. The molecular weight excluding hydrogens is 300 g/mol. The number of benzene rings is 1. The van der Waals surface area contributed by atoms with Crippen molar-refractivity contribution in [3.63, 3.8) is 0 Å². The first kappa shape index (κ1) is 15.4. The Kier molecular flexibility index (Phi) is 4.26. The van der Waals surface area contributed by atoms with Crippen LogP contribution >= 0.6 is 0 Å². The average molecular weight is 314 g/mol. The van der Waals surface area contributed by atoms with Gasteiger partial charge in [-0.2, -0.15) is 0 Å². The fourth-order valence-electron chi connectivity index (χ4n) is 1.86. The topological polar surface area (TPSA) is 122 Å². The number of esters is 1. The van der Waals surface area contributed by atoms with E-state index < -0.39 is 28.6 Å². The zero-order valence-corrected chi connectivity index (χ0v) is 11.9. The molecule has 0 aromatic heterocycles. The van der Waals surface area contributed by atoms with Gasteiger partial charge in [0.1, 0.15) is 0 Å². The van der Waals surface area contributed by atoms with Crippen LogP contribution in [0.25, 0.3) is 0 Å². The first-order valence-electron chi connectivity index (χ1n) is 6.02. The lowest BCUT2D eigenvalue weighted by molar-refractivity contribution is -0.149. The standard InChI is InChI=1S/C12H14N2O6S/c1-20-12(17)10(15)6-13-21(18,19)8-2-3-9-7(4-8)5-11(16)14-9/h2-4,10,13,15H,5-6H2,1H3,(H,14,16). The van der Waals surface area contributed by atoms with E-state index in [2.05, 4.69) is 14.8 Å². The molecule has 3 N–H and O–H groups in total. The van der Waals surface area contributed by atoms with Gasteiger partial charge in [0.25, 0.3) is 0 Å². The summed E-state index contributed by atoms with van der Waals surface area (Å²) >= 11 is 0. The molecule has 21 heavy (non-hydrogen) atoms. The summed E-state index contributed by atoms with van der Waals surface area (Å²) < 4.78 is 30.5. The number of hydrogen-bond donors (Lipinski definition) is 3. The van der Waals surface area contributed by atoms with Crippen molar-refractivity contribution in [3.05, 3.63) is 23.8 Å². The maximum absolute atomic E-state index is 12.0. The van der Waals surface area contributed by atoms with Crippen molar-refractivity contribution in [1.29, 1.82) is 0 Å². The molecule has 0 fully saturated rings. The van der Waals surface area contributed by atoms with Crippen molar-refractivity contribution in [1.82, 2.24) is 4.72 Å². The number of amides is 1. The fraction of sp³-hybridized carbons (Fsp3) is 0.333. The number of methoxy groups -OCH3 is 1. The number of hydrogen-bond acceptors (Lipinski definition) is 6. The lowest BCUT2D eigenvalue weighted by Gasteiger charge is -2.11. The number of sulfonamides is 1. The largest absolute Gasteiger partial charge is 0.467 e. The quantitative estimate of drug-likeness (QED) is 0.599. The Labute approximate surface area is 121 Å². The average Bonchev–Trinajstić information content (AvgIpc) is 2.82. The Morgan fingerprint density at radius 2 is 2.24 bits per heavy atom. The van der Waals surface area contributed by atoms with Crippen molar-refractivity contribution >= 4 is 27.6 Å². The molecule has 0 saturated carbocycles. The highest BCUT2D eigenvalue weighted by Gasteiger charge is 2.23. The summed E-state index contributed by atoms with van der Waals surface area (Å²) in [5.74, 6) is -1.13. The molecule has 1 heterocycles. The first-order chi connectivity index (χ1) is 9.83. The summed E-state index contributed by atoms with van der Waals surface area (Å²) in [4.78, 5) is 22.2. The molecule has 0 saturated heterocycles. The van der Waals surface area contributed by atoms with Gasteiger partial charge in [-0.3, -0.25) is 4.79 Å². The van der Waals surface area contributed by atoms with Crippen LogP contribution in [0.3, 0.4) is 0 Å². The SMILES string of the molecule is COC(=O)C(O)CNS(=O)(=O)c1ccc2c(c1)CC(=O)N2. The predicted molar refractivity (Wildman–Crippen MR) is 72.0 cm³/mol. The molecule has 1 aliphatic heterocycles. The Hall–Kier alpha value is -1.97. The minimum atomic E-state index is -3.89. The lowest BCUT2D eigenvalue weighted by Crippen LogP contribution is -2.37. The predicted octanol–water partition coefficient (Wildman–Crippen LogP) is -1.01. The summed E-state index contributed by atoms with van der Waals surface area (Å²) in [5, 5.41) is 12.0. The van der Waals surface area contributed by atoms with E-state index in [1.807, 2.05) is 0 Å². The molecule has 114 valence electrons. The van der Waals surface area contributed by atoms with Crippen molar-refractivity contribution in [2.24, 2.45) is 0 Å². The third kappa shape index (κ3) is 3.38. The van der Waals surface area contributed by atoms with E-state index in [-0.39, 0.29) is 17.2 Å². The molecule has 0 bridgehead atoms. The summed E-state index contributed by atoms with van der Waals surface area (Å²) in [6, 6.07) is 4.20. The highest BCUT2D eigenvalue weighted by atomic mass is 32.2. The van der Waals surface area contributed by atoms with Crippen LogP contribution in [-0.2, 0) is 30.8 Å². The van der Waals surface area contributed by atoms with Gasteiger partial charge in [0.15, 0.2) is 6.10 Å². The van der Waals surface area contributed by atoms with Gasteiger partial charge in [0.05, 0.1) is 18.4 Å². The van der Waals surface area contributed by atoms with Gasteiger partial charge >= 0.3 is 5.97 Å². The third-order valence-electron chi connectivity index (χ3n) is 2.95. The van der Waals surface area contributed by atoms with Gasteiger partial charge in [0.2, 0.25) is 15.9 Å². The number of fused-ring (bicyclic) bond motifs is 1. The zero-order chi connectivity index (χ0) is 15.6. The second-order valence-corrected chi connectivity index (χ2v) is 6.20. The number of anilines is 1. The molecule has 8 nitrogen and oxygen atoms in total. The van der Waals surface area contributed by atoms with Crippen LogP contribution in [0, 0.1) is 0 Å². The maximum atomic E-state index is 12.0. The second kappa shape index (κ2) is 5.80. The molecule has 0 aliphatic carbocycles. The first-order valence-corrected chi connectivity index (χ1v) is 7.50. The molecule has 2 rings (SSSR count). The van der Waals surface area contributed by atoms with E-state index in [1.165, 1.54) is 18.2 Å². The van der Waals surface area contributed by atoms with Crippen LogP contribution in [-0.4, -0.2) is 45.2 Å². The molecule has 1 aromatic carbocycles. The van der Waals surface area contributed by atoms with Gasteiger partial charge < -0.3 is 15.2 Å². The number of aliphatic hydroxyl groups is 1. The molecular formula is C12H14N2O6S. The molecule has 0 radical (unpaired) electrons. The Morgan fingerprint density at radius 1 is 1.52 bits per heavy atom. The van der Waals surface area contributed by atoms with E-state index >= 15 is 0 Å². The Balaban J connectivity index is 2.12. The van der Waals surface area contributed by atoms with E-state index in [1.54, 1.807) is 0 Å². The third-order valence-corrected chi connectivity index (χ3v) is 4.37. The Bertz CT molecular complexity index is 685. The molecule has 1 atom stereocenters. The smallest absolute Gasteiger partial charge is 0.336 e. The summed E-state index contributed by atoms with van der Waals surface area (Å²) in [6.07, 6.45) is -1.47. The van der Waals surface area contributed by atoms with Crippen molar-refractivity contribution in [3.8, 4) is 0 Å². The number of carbonyl (C=O) groups is 2. The zero-order valence-electron chi connectivity index (χ0n) is 11.1. The van der Waals surface area contributed by atoms with Crippen LogP contribution in [0.5, 0.6) is 0 Å². The number of carbonyl (C=O) groups excluding carboxylic acids is 2. The molecule has 9 heteroatoms. The molecule has 0 spiro atoms. The number of ether oxygens (including phenoxy) is 1. The van der Waals surface area contributed by atoms with Gasteiger partial charge in [-0.15, -0.1) is 0 Å². The van der Waals surface area contributed by atoms with Gasteiger partial charge in [-0.05, 0) is 23.8 Å². The lowest BCUT2D eigenvalue weighted by atomic mass is 10.2. The molecule has 1 unspecified atom stereocenters. The van der Waals surface area contributed by atoms with Gasteiger partial charge in [0, 0.05) is 12.2 Å². The van der Waals surface area contributed by atoms with Crippen LogP contribution in [0.4, 0.5) is 5.69 Å². The van der Waals surface area contributed by atoms with Crippen molar-refractivity contribution in [2.45, 2.75) is 17.4 Å². The van der Waals surface area contributed by atoms with Gasteiger partial charge in [-0.25, -0.2) is 17.9 Å². The number of aliphatic hydroxyl groups excluding tert-OH is 1. The van der Waals surface area contributed by atoms with Gasteiger partial charge in [-0.1, -0.05) is 0 Å². The molecule has 1 amide bonds. The van der Waals surface area contributed by atoms with E-state index in [0.29, 0.717) is 11.3 Å².